The number of hydrogen-bond acceptors (Lipinski definition) is 6. The van der Waals surface area contributed by atoms with Gasteiger partial charge >= 0.3 is 0 Å². The zero-order valence-electron chi connectivity index (χ0n) is 23.0. The van der Waals surface area contributed by atoms with Crippen LogP contribution in [-0.4, -0.2) is 48.4 Å². The van der Waals surface area contributed by atoms with Crippen LogP contribution in [-0.2, 0) is 19.5 Å². The molecule has 37 heavy (non-hydrogen) atoms. The van der Waals surface area contributed by atoms with Gasteiger partial charge in [0.25, 0.3) is 0 Å². The van der Waals surface area contributed by atoms with Crippen molar-refractivity contribution >= 4 is 5.82 Å². The molecule has 0 unspecified atom stereocenters. The first-order valence-corrected chi connectivity index (χ1v) is 13.9. The molecule has 198 valence electrons. The fourth-order valence-corrected chi connectivity index (χ4v) is 5.05. The van der Waals surface area contributed by atoms with Crippen molar-refractivity contribution in [2.24, 2.45) is 0 Å². The standard InChI is InChI=1S/C31H42N4O2/c1-5-8-14-26-27(23-34(4)22-24-15-16-28-29(21-24)37-20-19-36-28)31(35(17-6-2)18-7-3)33-32-30(26)25-12-10-9-11-13-25/h9-13,15-16,21H,5-8,14,17-20,22-23H2,1-4H3. The summed E-state index contributed by atoms with van der Waals surface area (Å²) >= 11 is 0. The Balaban J connectivity index is 1.71. The first-order valence-electron chi connectivity index (χ1n) is 13.9. The molecule has 2 aromatic carbocycles. The molecule has 1 aliphatic heterocycles. The van der Waals surface area contributed by atoms with E-state index in [2.05, 4.69) is 80.1 Å². The number of anilines is 1. The molecular weight excluding hydrogens is 460 g/mol. The van der Waals surface area contributed by atoms with Gasteiger partial charge in [-0.25, -0.2) is 0 Å². The topological polar surface area (TPSA) is 50.7 Å². The normalized spacial score (nSPS) is 12.7. The molecule has 0 fully saturated rings. The van der Waals surface area contributed by atoms with Crippen LogP contribution < -0.4 is 14.4 Å². The summed E-state index contributed by atoms with van der Waals surface area (Å²) < 4.78 is 11.5. The third-order valence-electron chi connectivity index (χ3n) is 6.77. The highest BCUT2D eigenvalue weighted by molar-refractivity contribution is 5.67. The summed E-state index contributed by atoms with van der Waals surface area (Å²) in [5.74, 6) is 2.72. The second-order valence-electron chi connectivity index (χ2n) is 9.94. The van der Waals surface area contributed by atoms with Gasteiger partial charge in [-0.2, -0.15) is 0 Å². The highest BCUT2D eigenvalue weighted by Gasteiger charge is 2.22. The first kappa shape index (κ1) is 26.9. The van der Waals surface area contributed by atoms with Gasteiger partial charge in [-0.1, -0.05) is 63.6 Å². The summed E-state index contributed by atoms with van der Waals surface area (Å²) in [6, 6.07) is 16.8. The number of nitrogens with zero attached hydrogens (tertiary/aromatic N) is 4. The van der Waals surface area contributed by atoms with Crippen LogP contribution in [0.1, 0.15) is 63.1 Å². The van der Waals surface area contributed by atoms with Gasteiger partial charge in [0, 0.05) is 37.3 Å². The first-order chi connectivity index (χ1) is 18.1. The number of benzene rings is 2. The molecule has 1 aliphatic rings. The third-order valence-corrected chi connectivity index (χ3v) is 6.77. The van der Waals surface area contributed by atoms with E-state index in [-0.39, 0.29) is 0 Å². The zero-order chi connectivity index (χ0) is 26.0. The van der Waals surface area contributed by atoms with Crippen LogP contribution in [0, 0.1) is 0 Å². The molecule has 0 atom stereocenters. The molecule has 0 saturated carbocycles. The lowest BCUT2D eigenvalue weighted by Gasteiger charge is -2.29. The van der Waals surface area contributed by atoms with E-state index in [0.717, 1.165) is 86.9 Å². The number of ether oxygens (including phenoxy) is 2. The fraction of sp³-hybridized carbons (Fsp3) is 0.484. The molecule has 3 aromatic rings. The van der Waals surface area contributed by atoms with Gasteiger partial charge in [-0.15, -0.1) is 10.2 Å². The average molecular weight is 503 g/mol. The van der Waals surface area contributed by atoms with E-state index in [1.807, 2.05) is 6.07 Å². The third kappa shape index (κ3) is 6.80. The Morgan fingerprint density at radius 3 is 2.22 bits per heavy atom. The molecular formula is C31H42N4O2. The predicted octanol–water partition coefficient (Wildman–Crippen LogP) is 6.52. The van der Waals surface area contributed by atoms with Gasteiger partial charge in [0.2, 0.25) is 0 Å². The summed E-state index contributed by atoms with van der Waals surface area (Å²) in [6.07, 6.45) is 5.44. The van der Waals surface area contributed by atoms with Gasteiger partial charge in [0.05, 0.1) is 5.69 Å². The van der Waals surface area contributed by atoms with Crippen LogP contribution in [0.3, 0.4) is 0 Å². The molecule has 0 N–H and O–H groups in total. The van der Waals surface area contributed by atoms with E-state index < -0.39 is 0 Å². The Bertz CT molecular complexity index is 1130. The van der Waals surface area contributed by atoms with Gasteiger partial charge in [0.1, 0.15) is 13.2 Å². The highest BCUT2D eigenvalue weighted by atomic mass is 16.6. The van der Waals surface area contributed by atoms with Crippen molar-refractivity contribution in [3.63, 3.8) is 0 Å². The minimum absolute atomic E-state index is 0.603. The van der Waals surface area contributed by atoms with E-state index in [4.69, 9.17) is 19.7 Å². The second kappa shape index (κ2) is 13.4. The Hall–Kier alpha value is -3.12. The molecule has 0 amide bonds. The quantitative estimate of drug-likeness (QED) is 0.265. The van der Waals surface area contributed by atoms with Crippen LogP contribution in [0.4, 0.5) is 5.82 Å². The Labute approximate surface area is 222 Å². The van der Waals surface area contributed by atoms with Crippen molar-refractivity contribution in [2.45, 2.75) is 66.0 Å². The van der Waals surface area contributed by atoms with Crippen LogP contribution in [0.2, 0.25) is 0 Å². The Morgan fingerprint density at radius 2 is 1.51 bits per heavy atom. The number of fused-ring (bicyclic) bond motifs is 1. The summed E-state index contributed by atoms with van der Waals surface area (Å²) in [5, 5.41) is 9.74. The van der Waals surface area contributed by atoms with Gasteiger partial charge in [-0.3, -0.25) is 4.90 Å². The van der Waals surface area contributed by atoms with Gasteiger partial charge < -0.3 is 14.4 Å². The lowest BCUT2D eigenvalue weighted by Crippen LogP contribution is -2.30. The van der Waals surface area contributed by atoms with E-state index in [1.165, 1.54) is 16.7 Å². The summed E-state index contributed by atoms with van der Waals surface area (Å²) in [7, 11) is 2.19. The summed E-state index contributed by atoms with van der Waals surface area (Å²) in [6.45, 7) is 11.5. The Morgan fingerprint density at radius 1 is 0.784 bits per heavy atom. The van der Waals surface area contributed by atoms with Crippen LogP contribution >= 0.6 is 0 Å². The summed E-state index contributed by atoms with van der Waals surface area (Å²) in [5.41, 5.74) is 6.02. The minimum atomic E-state index is 0.603. The van der Waals surface area contributed by atoms with Crippen LogP contribution in [0.5, 0.6) is 11.5 Å². The number of hydrogen-bond donors (Lipinski definition) is 0. The van der Waals surface area contributed by atoms with Crippen LogP contribution in [0.25, 0.3) is 11.3 Å². The molecule has 2 heterocycles. The van der Waals surface area contributed by atoms with E-state index in [1.54, 1.807) is 0 Å². The largest absolute Gasteiger partial charge is 0.486 e. The second-order valence-corrected chi connectivity index (χ2v) is 9.94. The van der Waals surface area contributed by atoms with Crippen molar-refractivity contribution < 1.29 is 9.47 Å². The molecule has 0 radical (unpaired) electrons. The van der Waals surface area contributed by atoms with Crippen LogP contribution in [0.15, 0.2) is 48.5 Å². The maximum Gasteiger partial charge on any atom is 0.161 e. The lowest BCUT2D eigenvalue weighted by atomic mass is 9.96. The molecule has 0 aliphatic carbocycles. The molecule has 6 heteroatoms. The SMILES string of the molecule is CCCCc1c(-c2ccccc2)nnc(N(CCC)CCC)c1CN(C)Cc1ccc2c(c1)OCCO2. The maximum atomic E-state index is 5.83. The molecule has 0 spiro atoms. The minimum Gasteiger partial charge on any atom is -0.486 e. The molecule has 0 saturated heterocycles. The summed E-state index contributed by atoms with van der Waals surface area (Å²) in [4.78, 5) is 4.82. The molecule has 0 bridgehead atoms. The average Bonchev–Trinajstić information content (AvgIpc) is 2.92. The lowest BCUT2D eigenvalue weighted by molar-refractivity contribution is 0.171. The smallest absolute Gasteiger partial charge is 0.161 e. The Kier molecular flexibility index (Phi) is 9.78. The molecule has 6 nitrogen and oxygen atoms in total. The monoisotopic (exact) mass is 502 g/mol. The van der Waals surface area contributed by atoms with Crippen molar-refractivity contribution in [2.75, 3.05) is 38.3 Å². The van der Waals surface area contributed by atoms with E-state index >= 15 is 0 Å². The fourth-order valence-electron chi connectivity index (χ4n) is 5.05. The van der Waals surface area contributed by atoms with Crippen molar-refractivity contribution in [3.05, 3.63) is 65.2 Å². The number of rotatable bonds is 13. The number of unbranched alkanes of at least 4 members (excludes halogenated alkanes) is 1. The number of aromatic nitrogens is 2. The van der Waals surface area contributed by atoms with E-state index in [0.29, 0.717) is 13.2 Å². The van der Waals surface area contributed by atoms with Gasteiger partial charge in [-0.05, 0) is 56.0 Å². The molecule has 4 rings (SSSR count). The van der Waals surface area contributed by atoms with E-state index in [9.17, 15) is 0 Å². The van der Waals surface area contributed by atoms with Crippen molar-refractivity contribution in [1.82, 2.24) is 15.1 Å². The van der Waals surface area contributed by atoms with Gasteiger partial charge in [0.15, 0.2) is 17.3 Å². The van der Waals surface area contributed by atoms with Crippen molar-refractivity contribution in [3.8, 4) is 22.8 Å². The van der Waals surface area contributed by atoms with Crippen molar-refractivity contribution in [1.29, 1.82) is 0 Å². The maximum absolute atomic E-state index is 5.83. The highest BCUT2D eigenvalue weighted by Crippen LogP contribution is 2.33. The zero-order valence-corrected chi connectivity index (χ0v) is 23.0. The predicted molar refractivity (Wildman–Crippen MR) is 151 cm³/mol. The molecule has 1 aromatic heterocycles.